The second-order valence-electron chi connectivity index (χ2n) is 6.80. The van der Waals surface area contributed by atoms with Crippen molar-refractivity contribution in [3.05, 3.63) is 77.4 Å². The molecule has 0 bridgehead atoms. The summed E-state index contributed by atoms with van der Waals surface area (Å²) >= 11 is 1.14. The first kappa shape index (κ1) is 20.8. The number of hydrogen-bond donors (Lipinski definition) is 1. The van der Waals surface area contributed by atoms with Crippen LogP contribution in [0.1, 0.15) is 48.2 Å². The first-order valence-corrected chi connectivity index (χ1v) is 9.73. The van der Waals surface area contributed by atoms with Gasteiger partial charge in [-0.1, -0.05) is 48.3 Å². The van der Waals surface area contributed by atoms with Gasteiger partial charge in [0.25, 0.3) is 0 Å². The predicted octanol–water partition coefficient (Wildman–Crippen LogP) is 5.38. The minimum absolute atomic E-state index is 0. The van der Waals surface area contributed by atoms with Crippen LogP contribution in [0.3, 0.4) is 0 Å². The van der Waals surface area contributed by atoms with E-state index >= 15 is 0 Å². The number of halogens is 3. The van der Waals surface area contributed by atoms with Gasteiger partial charge in [-0.2, -0.15) is 4.98 Å². The molecule has 1 aliphatic carbocycles. The van der Waals surface area contributed by atoms with Crippen molar-refractivity contribution in [1.82, 2.24) is 10.1 Å². The highest BCUT2D eigenvalue weighted by Crippen LogP contribution is 2.42. The lowest BCUT2D eigenvalue weighted by molar-refractivity contribution is 0.351. The smallest absolute Gasteiger partial charge is 0.244 e. The summed E-state index contributed by atoms with van der Waals surface area (Å²) in [5.41, 5.74) is 6.72. The van der Waals surface area contributed by atoms with Gasteiger partial charge in [-0.15, -0.1) is 24.2 Å². The number of aromatic nitrogens is 2. The molecule has 0 spiro atoms. The minimum Gasteiger partial charge on any atom is -0.338 e. The quantitative estimate of drug-likeness (QED) is 0.558. The molecule has 1 aromatic heterocycles. The Labute approximate surface area is 172 Å². The van der Waals surface area contributed by atoms with Crippen LogP contribution in [-0.4, -0.2) is 10.1 Å². The zero-order valence-corrected chi connectivity index (χ0v) is 16.6. The molecule has 2 N–H and O–H groups in total. The second kappa shape index (κ2) is 8.59. The van der Waals surface area contributed by atoms with Gasteiger partial charge in [-0.3, -0.25) is 0 Å². The molecule has 4 nitrogen and oxygen atoms in total. The molecule has 4 rings (SSSR count). The topological polar surface area (TPSA) is 64.9 Å². The molecule has 3 aromatic rings. The molecular weight excluding hydrogens is 404 g/mol. The maximum absolute atomic E-state index is 14.2. The Bertz CT molecular complexity index is 932. The van der Waals surface area contributed by atoms with Crippen molar-refractivity contribution in [2.75, 3.05) is 0 Å². The summed E-state index contributed by atoms with van der Waals surface area (Å²) in [6.07, 6.45) is 3.69. The molecule has 1 saturated carbocycles. The normalized spacial score (nSPS) is 16.5. The van der Waals surface area contributed by atoms with Gasteiger partial charge in [0.05, 0.1) is 5.54 Å². The SMILES string of the molecule is Cl.NC1(c2noc(C(Sc3cc(F)ccc3F)c3ccccc3)n2)CCCC1. The van der Waals surface area contributed by atoms with E-state index in [1.165, 1.54) is 6.07 Å². The second-order valence-corrected chi connectivity index (χ2v) is 7.95. The number of rotatable bonds is 5. The molecule has 0 radical (unpaired) electrons. The minimum atomic E-state index is -0.572. The summed E-state index contributed by atoms with van der Waals surface area (Å²) in [5, 5.41) is 3.64. The van der Waals surface area contributed by atoms with Crippen molar-refractivity contribution < 1.29 is 13.3 Å². The zero-order valence-electron chi connectivity index (χ0n) is 15.0. The van der Waals surface area contributed by atoms with Gasteiger partial charge in [0.15, 0.2) is 5.82 Å². The molecular formula is C20H20ClF2N3OS. The first-order chi connectivity index (χ1) is 13.0. The lowest BCUT2D eigenvalue weighted by atomic mass is 9.99. The third kappa shape index (κ3) is 4.21. The van der Waals surface area contributed by atoms with E-state index in [4.69, 9.17) is 10.3 Å². The largest absolute Gasteiger partial charge is 0.338 e. The number of nitrogens with two attached hydrogens (primary N) is 1. The molecule has 0 amide bonds. The number of nitrogens with zero attached hydrogens (tertiary/aromatic N) is 2. The molecule has 0 aliphatic heterocycles. The van der Waals surface area contributed by atoms with E-state index in [9.17, 15) is 8.78 Å². The highest BCUT2D eigenvalue weighted by Gasteiger charge is 2.37. The third-order valence-corrected chi connectivity index (χ3v) is 6.12. The number of hydrogen-bond acceptors (Lipinski definition) is 5. The van der Waals surface area contributed by atoms with E-state index in [0.29, 0.717) is 11.7 Å². The summed E-state index contributed by atoms with van der Waals surface area (Å²) in [6.45, 7) is 0. The van der Waals surface area contributed by atoms with Gasteiger partial charge in [-0.05, 0) is 36.6 Å². The lowest BCUT2D eigenvalue weighted by Crippen LogP contribution is -2.34. The van der Waals surface area contributed by atoms with Crippen LogP contribution in [0.25, 0.3) is 0 Å². The monoisotopic (exact) mass is 423 g/mol. The third-order valence-electron chi connectivity index (χ3n) is 4.85. The molecule has 0 saturated heterocycles. The Morgan fingerprint density at radius 2 is 1.79 bits per heavy atom. The van der Waals surface area contributed by atoms with Crippen LogP contribution >= 0.6 is 24.2 Å². The van der Waals surface area contributed by atoms with Crippen molar-refractivity contribution in [3.8, 4) is 0 Å². The van der Waals surface area contributed by atoms with Crippen LogP contribution in [0.5, 0.6) is 0 Å². The molecule has 28 heavy (non-hydrogen) atoms. The molecule has 148 valence electrons. The van der Waals surface area contributed by atoms with Crippen LogP contribution in [0.2, 0.25) is 0 Å². The first-order valence-electron chi connectivity index (χ1n) is 8.85. The fraction of sp³-hybridized carbons (Fsp3) is 0.300. The van der Waals surface area contributed by atoms with Gasteiger partial charge < -0.3 is 10.3 Å². The van der Waals surface area contributed by atoms with Gasteiger partial charge in [0.2, 0.25) is 5.89 Å². The number of benzene rings is 2. The maximum Gasteiger partial charge on any atom is 0.244 e. The van der Waals surface area contributed by atoms with E-state index in [1.807, 2.05) is 30.3 Å². The lowest BCUT2D eigenvalue weighted by Gasteiger charge is -2.18. The van der Waals surface area contributed by atoms with Crippen molar-refractivity contribution in [2.45, 2.75) is 41.4 Å². The Kier molecular flexibility index (Phi) is 6.37. The molecule has 2 aromatic carbocycles. The highest BCUT2D eigenvalue weighted by atomic mass is 35.5. The molecule has 8 heteroatoms. The summed E-state index contributed by atoms with van der Waals surface area (Å²) in [7, 11) is 0. The van der Waals surface area contributed by atoms with Gasteiger partial charge in [0, 0.05) is 4.90 Å². The molecule has 1 aliphatic rings. The average Bonchev–Trinajstić information content (AvgIpc) is 3.33. The average molecular weight is 424 g/mol. The molecule has 1 unspecified atom stereocenters. The molecule has 1 fully saturated rings. The van der Waals surface area contributed by atoms with Gasteiger partial charge in [0.1, 0.15) is 16.9 Å². The van der Waals surface area contributed by atoms with Crippen molar-refractivity contribution in [3.63, 3.8) is 0 Å². The maximum atomic E-state index is 14.2. The van der Waals surface area contributed by atoms with Crippen LogP contribution in [-0.2, 0) is 5.54 Å². The van der Waals surface area contributed by atoms with Crippen molar-refractivity contribution in [2.24, 2.45) is 5.73 Å². The molecule has 1 atom stereocenters. The van der Waals surface area contributed by atoms with Crippen LogP contribution in [0, 0.1) is 11.6 Å². The van der Waals surface area contributed by atoms with Crippen molar-refractivity contribution >= 4 is 24.2 Å². The Morgan fingerprint density at radius 3 is 2.50 bits per heavy atom. The standard InChI is InChI=1S/C20H19F2N3OS.ClH/c21-14-8-9-15(22)16(12-14)27-17(13-6-2-1-3-7-13)18-24-19(25-26-18)20(23)10-4-5-11-20;/h1-3,6-9,12,17H,4-5,10-11,23H2;1H. The van der Waals surface area contributed by atoms with E-state index < -0.39 is 22.4 Å². The van der Waals surface area contributed by atoms with E-state index in [0.717, 1.165) is 55.1 Å². The number of thioether (sulfide) groups is 1. The van der Waals surface area contributed by atoms with E-state index in [2.05, 4.69) is 10.1 Å². The zero-order chi connectivity index (χ0) is 18.9. The summed E-state index contributed by atoms with van der Waals surface area (Å²) in [6, 6.07) is 12.8. The Morgan fingerprint density at radius 1 is 1.07 bits per heavy atom. The fourth-order valence-corrected chi connectivity index (χ4v) is 4.46. The van der Waals surface area contributed by atoms with Crippen molar-refractivity contribution in [1.29, 1.82) is 0 Å². The summed E-state index contributed by atoms with van der Waals surface area (Å²) < 4.78 is 33.3. The van der Waals surface area contributed by atoms with Gasteiger partial charge in [-0.25, -0.2) is 8.78 Å². The summed E-state index contributed by atoms with van der Waals surface area (Å²) in [5.74, 6) is -0.171. The summed E-state index contributed by atoms with van der Waals surface area (Å²) in [4.78, 5) is 4.74. The van der Waals surface area contributed by atoms with E-state index in [-0.39, 0.29) is 17.3 Å². The Balaban J connectivity index is 0.00000225. The molecule has 1 heterocycles. The van der Waals surface area contributed by atoms with Crippen LogP contribution in [0.4, 0.5) is 8.78 Å². The van der Waals surface area contributed by atoms with E-state index in [1.54, 1.807) is 0 Å². The Hall–Kier alpha value is -1.96. The fourth-order valence-electron chi connectivity index (χ4n) is 3.36. The van der Waals surface area contributed by atoms with Gasteiger partial charge >= 0.3 is 0 Å². The highest BCUT2D eigenvalue weighted by molar-refractivity contribution is 7.99. The van der Waals surface area contributed by atoms with Crippen LogP contribution < -0.4 is 5.73 Å². The predicted molar refractivity (Wildman–Crippen MR) is 106 cm³/mol. The van der Waals surface area contributed by atoms with Crippen LogP contribution in [0.15, 0.2) is 57.9 Å².